The van der Waals surface area contributed by atoms with Crippen LogP contribution in [0.2, 0.25) is 0 Å². The third-order valence-corrected chi connectivity index (χ3v) is 5.43. The first kappa shape index (κ1) is 22.5. The summed E-state index contributed by atoms with van der Waals surface area (Å²) in [4.78, 5) is 40.2. The van der Waals surface area contributed by atoms with Gasteiger partial charge in [0.2, 0.25) is 5.91 Å². The number of ether oxygens (including phenoxy) is 2. The maximum atomic E-state index is 12.6. The van der Waals surface area contributed by atoms with Gasteiger partial charge in [-0.2, -0.15) is 0 Å². The van der Waals surface area contributed by atoms with Crippen molar-refractivity contribution in [2.45, 2.75) is 71.8 Å². The lowest BCUT2D eigenvalue weighted by atomic mass is 9.91. The molecule has 2 aliphatic heterocycles. The molecule has 2 aliphatic rings. The molecule has 2 fully saturated rings. The topological polar surface area (TPSA) is 76.2 Å². The van der Waals surface area contributed by atoms with Crippen molar-refractivity contribution in [3.8, 4) is 0 Å². The lowest BCUT2D eigenvalue weighted by Crippen LogP contribution is -2.43. The van der Waals surface area contributed by atoms with Crippen LogP contribution in [-0.4, -0.2) is 66.2 Å². The smallest absolute Gasteiger partial charge is 0.410 e. The van der Waals surface area contributed by atoms with Crippen LogP contribution < -0.4 is 0 Å². The Morgan fingerprint density at radius 2 is 1.68 bits per heavy atom. The van der Waals surface area contributed by atoms with E-state index in [9.17, 15) is 14.4 Å². The first-order chi connectivity index (χ1) is 13.2. The summed E-state index contributed by atoms with van der Waals surface area (Å²) in [5.74, 6) is 0.209. The second-order valence-corrected chi connectivity index (χ2v) is 8.88. The van der Waals surface area contributed by atoms with Crippen LogP contribution in [0.1, 0.15) is 66.2 Å². The molecule has 0 aliphatic carbocycles. The van der Waals surface area contributed by atoms with Gasteiger partial charge in [0.25, 0.3) is 0 Å². The highest BCUT2D eigenvalue weighted by Gasteiger charge is 2.30. The van der Waals surface area contributed by atoms with E-state index < -0.39 is 5.60 Å². The lowest BCUT2D eigenvalue weighted by Gasteiger charge is -2.34. The number of hydrogen-bond acceptors (Lipinski definition) is 5. The minimum atomic E-state index is -0.476. The molecule has 7 nitrogen and oxygen atoms in total. The zero-order chi connectivity index (χ0) is 20.7. The molecule has 28 heavy (non-hydrogen) atoms. The second kappa shape index (κ2) is 10.1. The van der Waals surface area contributed by atoms with E-state index in [1.807, 2.05) is 25.7 Å². The fourth-order valence-electron chi connectivity index (χ4n) is 3.87. The summed E-state index contributed by atoms with van der Waals surface area (Å²) < 4.78 is 10.5. The highest BCUT2D eigenvalue weighted by Crippen LogP contribution is 2.25. The lowest BCUT2D eigenvalue weighted by molar-refractivity contribution is -0.151. The van der Waals surface area contributed by atoms with Gasteiger partial charge in [-0.15, -0.1) is 0 Å². The zero-order valence-electron chi connectivity index (χ0n) is 17.9. The van der Waals surface area contributed by atoms with Crippen molar-refractivity contribution in [2.75, 3.05) is 32.8 Å². The van der Waals surface area contributed by atoms with Crippen molar-refractivity contribution in [3.05, 3.63) is 0 Å². The van der Waals surface area contributed by atoms with E-state index in [0.717, 1.165) is 38.6 Å². The summed E-state index contributed by atoms with van der Waals surface area (Å²) in [6, 6.07) is 0. The molecule has 2 saturated heterocycles. The number of nitrogens with zero attached hydrogens (tertiary/aromatic N) is 2. The molecule has 2 rings (SSSR count). The summed E-state index contributed by atoms with van der Waals surface area (Å²) >= 11 is 0. The Bertz CT molecular complexity index is 549. The van der Waals surface area contributed by atoms with Gasteiger partial charge in [-0.05, 0) is 65.7 Å². The largest absolute Gasteiger partial charge is 0.466 e. The van der Waals surface area contributed by atoms with Gasteiger partial charge in [-0.1, -0.05) is 0 Å². The van der Waals surface area contributed by atoms with Crippen molar-refractivity contribution >= 4 is 18.0 Å². The Kier molecular flexibility index (Phi) is 8.13. The van der Waals surface area contributed by atoms with Crippen molar-refractivity contribution < 1.29 is 23.9 Å². The Labute approximate surface area is 168 Å². The summed E-state index contributed by atoms with van der Waals surface area (Å²) in [7, 11) is 0. The molecule has 0 aromatic rings. The molecule has 160 valence electrons. The van der Waals surface area contributed by atoms with Crippen LogP contribution in [0, 0.1) is 11.8 Å². The SMILES string of the molecule is CCOC(=O)[C@H]1CCCN(C(=O)CCC2CCN(C(=O)OC(C)(C)C)CC2)C1. The van der Waals surface area contributed by atoms with E-state index in [1.165, 1.54) is 0 Å². The number of carbonyl (C=O) groups is 3. The average Bonchev–Trinajstić information content (AvgIpc) is 2.65. The molecule has 0 radical (unpaired) electrons. The number of hydrogen-bond donors (Lipinski definition) is 0. The molecule has 0 unspecified atom stereocenters. The zero-order valence-corrected chi connectivity index (χ0v) is 17.9. The number of esters is 1. The maximum absolute atomic E-state index is 12.6. The van der Waals surface area contributed by atoms with Gasteiger partial charge in [0.15, 0.2) is 0 Å². The van der Waals surface area contributed by atoms with Crippen LogP contribution in [0.4, 0.5) is 4.79 Å². The Morgan fingerprint density at radius 1 is 1.00 bits per heavy atom. The van der Waals surface area contributed by atoms with Crippen molar-refractivity contribution in [1.82, 2.24) is 9.80 Å². The normalized spacial score (nSPS) is 21.4. The standard InChI is InChI=1S/C21H36N2O5/c1-5-27-19(25)17-7-6-12-23(15-17)18(24)9-8-16-10-13-22(14-11-16)20(26)28-21(2,3)4/h16-17H,5-15H2,1-4H3/t17-/m0/s1. The van der Waals surface area contributed by atoms with Gasteiger partial charge in [0, 0.05) is 32.6 Å². The van der Waals surface area contributed by atoms with E-state index in [4.69, 9.17) is 9.47 Å². The molecule has 0 spiro atoms. The van der Waals surface area contributed by atoms with Gasteiger partial charge in [-0.25, -0.2) is 4.79 Å². The van der Waals surface area contributed by atoms with E-state index in [1.54, 1.807) is 11.8 Å². The number of rotatable bonds is 5. The quantitative estimate of drug-likeness (QED) is 0.667. The molecule has 7 heteroatoms. The molecule has 2 amide bonds. The van der Waals surface area contributed by atoms with Crippen LogP contribution >= 0.6 is 0 Å². The average molecular weight is 397 g/mol. The fraction of sp³-hybridized carbons (Fsp3) is 0.857. The van der Waals surface area contributed by atoms with E-state index in [2.05, 4.69) is 0 Å². The molecule has 0 saturated carbocycles. The number of carbonyl (C=O) groups excluding carboxylic acids is 3. The highest BCUT2D eigenvalue weighted by atomic mass is 16.6. The molecule has 2 heterocycles. The van der Waals surface area contributed by atoms with E-state index in [-0.39, 0.29) is 23.9 Å². The van der Waals surface area contributed by atoms with Gasteiger partial charge < -0.3 is 19.3 Å². The first-order valence-electron chi connectivity index (χ1n) is 10.6. The predicted octanol–water partition coefficient (Wildman–Crippen LogP) is 3.22. The van der Waals surface area contributed by atoms with Gasteiger partial charge in [0.05, 0.1) is 12.5 Å². The minimum absolute atomic E-state index is 0.128. The number of amides is 2. The number of piperidine rings is 2. The summed E-state index contributed by atoms with van der Waals surface area (Å²) in [5, 5.41) is 0. The fourth-order valence-corrected chi connectivity index (χ4v) is 3.87. The third-order valence-electron chi connectivity index (χ3n) is 5.43. The van der Waals surface area contributed by atoms with Gasteiger partial charge >= 0.3 is 12.1 Å². The van der Waals surface area contributed by atoms with Gasteiger partial charge in [-0.3, -0.25) is 9.59 Å². The van der Waals surface area contributed by atoms with Crippen LogP contribution in [0.15, 0.2) is 0 Å². The van der Waals surface area contributed by atoms with E-state index >= 15 is 0 Å². The third kappa shape index (κ3) is 6.99. The molecule has 0 bridgehead atoms. The van der Waals surface area contributed by atoms with Crippen molar-refractivity contribution in [2.24, 2.45) is 11.8 Å². The predicted molar refractivity (Wildman–Crippen MR) is 106 cm³/mol. The summed E-state index contributed by atoms with van der Waals surface area (Å²) in [6.45, 7) is 10.4. The first-order valence-corrected chi connectivity index (χ1v) is 10.6. The van der Waals surface area contributed by atoms with Crippen LogP contribution in [0.5, 0.6) is 0 Å². The van der Waals surface area contributed by atoms with Gasteiger partial charge in [0.1, 0.15) is 5.60 Å². The molecule has 0 aromatic heterocycles. The summed E-state index contributed by atoms with van der Waals surface area (Å²) in [6.07, 6.45) is 4.54. The molecule has 0 N–H and O–H groups in total. The van der Waals surface area contributed by atoms with Crippen LogP contribution in [0.25, 0.3) is 0 Å². The number of likely N-dealkylation sites (tertiary alicyclic amines) is 2. The van der Waals surface area contributed by atoms with E-state index in [0.29, 0.717) is 38.6 Å². The summed E-state index contributed by atoms with van der Waals surface area (Å²) in [5.41, 5.74) is -0.476. The Morgan fingerprint density at radius 3 is 2.29 bits per heavy atom. The van der Waals surface area contributed by atoms with Crippen molar-refractivity contribution in [3.63, 3.8) is 0 Å². The Hall–Kier alpha value is -1.79. The maximum Gasteiger partial charge on any atom is 0.410 e. The second-order valence-electron chi connectivity index (χ2n) is 8.88. The highest BCUT2D eigenvalue weighted by molar-refractivity contribution is 5.78. The molecule has 0 aromatic carbocycles. The molecular formula is C21H36N2O5. The molecular weight excluding hydrogens is 360 g/mol. The van der Waals surface area contributed by atoms with Crippen molar-refractivity contribution in [1.29, 1.82) is 0 Å². The molecule has 1 atom stereocenters. The minimum Gasteiger partial charge on any atom is -0.466 e. The Balaban J connectivity index is 1.71. The van der Waals surface area contributed by atoms with Crippen LogP contribution in [-0.2, 0) is 19.1 Å². The van der Waals surface area contributed by atoms with Crippen LogP contribution in [0.3, 0.4) is 0 Å². The monoisotopic (exact) mass is 396 g/mol.